The molecule has 0 saturated carbocycles. The van der Waals surface area contributed by atoms with Gasteiger partial charge in [0.2, 0.25) is 0 Å². The van der Waals surface area contributed by atoms with Crippen LogP contribution in [-0.4, -0.2) is 40.1 Å². The molecule has 35 heavy (non-hydrogen) atoms. The topological polar surface area (TPSA) is 102 Å². The number of anilines is 2. The number of aryl methyl sites for hydroxylation is 1. The predicted molar refractivity (Wildman–Crippen MR) is 132 cm³/mol. The van der Waals surface area contributed by atoms with E-state index in [9.17, 15) is 18.0 Å². The lowest BCUT2D eigenvalue weighted by Gasteiger charge is -2.31. The maximum atomic E-state index is 13.7. The van der Waals surface area contributed by atoms with E-state index in [1.807, 2.05) is 18.2 Å². The minimum atomic E-state index is -4.04. The van der Waals surface area contributed by atoms with Crippen LogP contribution in [-0.2, 0) is 26.0 Å². The molecular weight excluding hydrogens is 468 g/mol. The van der Waals surface area contributed by atoms with Crippen LogP contribution < -0.4 is 14.4 Å². The van der Waals surface area contributed by atoms with Gasteiger partial charge in [0.15, 0.2) is 6.10 Å². The Balaban J connectivity index is 1.58. The van der Waals surface area contributed by atoms with Crippen molar-refractivity contribution >= 4 is 33.3 Å². The minimum absolute atomic E-state index is 0.00553. The first-order chi connectivity index (χ1) is 16.8. The molecule has 4 rings (SSSR count). The van der Waals surface area contributed by atoms with E-state index in [1.54, 1.807) is 36.4 Å². The highest BCUT2D eigenvalue weighted by molar-refractivity contribution is 7.93. The molecule has 0 aromatic heterocycles. The molecule has 3 aromatic rings. The van der Waals surface area contributed by atoms with Crippen LogP contribution in [0.3, 0.4) is 0 Å². The maximum Gasteiger partial charge on any atom is 0.338 e. The summed E-state index contributed by atoms with van der Waals surface area (Å²) in [6, 6.07) is 20.2. The van der Waals surface area contributed by atoms with E-state index < -0.39 is 28.0 Å². The molecule has 0 bridgehead atoms. The molecule has 0 spiro atoms. The van der Waals surface area contributed by atoms with Gasteiger partial charge in [-0.3, -0.25) is 9.10 Å². The third kappa shape index (κ3) is 5.14. The molecule has 1 N–H and O–H groups in total. The summed E-state index contributed by atoms with van der Waals surface area (Å²) in [5.41, 5.74) is 2.11. The highest BCUT2D eigenvalue weighted by atomic mass is 32.2. The molecule has 0 saturated heterocycles. The molecule has 1 amide bonds. The van der Waals surface area contributed by atoms with Crippen molar-refractivity contribution in [2.24, 2.45) is 0 Å². The zero-order valence-corrected chi connectivity index (χ0v) is 20.2. The van der Waals surface area contributed by atoms with Crippen molar-refractivity contribution in [1.82, 2.24) is 0 Å². The van der Waals surface area contributed by atoms with Gasteiger partial charge < -0.3 is 14.8 Å². The molecule has 0 aliphatic carbocycles. The standard InChI is InChI=1S/C26H26N2O6S/c1-18(25(29)27-21-11-4-3-5-12-21)34-26(30)20-14-15-23(33-2)24(17-20)35(31,32)28-16-8-10-19-9-6-7-13-22(19)28/h3-7,9,11-15,17-18H,8,10,16H2,1-2H3,(H,27,29)/t18-/m1/s1. The SMILES string of the molecule is COc1ccc(C(=O)O[C@H](C)C(=O)Nc2ccccc2)cc1S(=O)(=O)N1CCCc2ccccc21. The molecule has 3 aromatic carbocycles. The minimum Gasteiger partial charge on any atom is -0.495 e. The smallest absolute Gasteiger partial charge is 0.338 e. The second-order valence-electron chi connectivity index (χ2n) is 8.08. The summed E-state index contributed by atoms with van der Waals surface area (Å²) in [5, 5.41) is 2.67. The van der Waals surface area contributed by atoms with Crippen molar-refractivity contribution in [2.45, 2.75) is 30.8 Å². The first-order valence-electron chi connectivity index (χ1n) is 11.2. The van der Waals surface area contributed by atoms with Crippen LogP contribution in [0.15, 0.2) is 77.7 Å². The summed E-state index contributed by atoms with van der Waals surface area (Å²) in [6.45, 7) is 1.76. The Morgan fingerprint density at radius 3 is 2.46 bits per heavy atom. The third-order valence-corrected chi connectivity index (χ3v) is 7.56. The number of carbonyl (C=O) groups excluding carboxylic acids is 2. The van der Waals surface area contributed by atoms with Gasteiger partial charge in [-0.2, -0.15) is 0 Å². The first-order valence-corrected chi connectivity index (χ1v) is 12.6. The Labute approximate surface area is 204 Å². The number of hydrogen-bond acceptors (Lipinski definition) is 6. The van der Waals surface area contributed by atoms with Gasteiger partial charge in [0.25, 0.3) is 15.9 Å². The van der Waals surface area contributed by atoms with Crippen molar-refractivity contribution < 1.29 is 27.5 Å². The molecule has 1 aliphatic heterocycles. The summed E-state index contributed by atoms with van der Waals surface area (Å²) in [4.78, 5) is 25.1. The number of amides is 1. The summed E-state index contributed by atoms with van der Waals surface area (Å²) in [5.74, 6) is -1.21. The number of methoxy groups -OCH3 is 1. The lowest BCUT2D eigenvalue weighted by atomic mass is 10.0. The first kappa shape index (κ1) is 24.3. The number of fused-ring (bicyclic) bond motifs is 1. The van der Waals surface area contributed by atoms with Crippen molar-refractivity contribution in [1.29, 1.82) is 0 Å². The van der Waals surface area contributed by atoms with Crippen LogP contribution in [0.4, 0.5) is 11.4 Å². The van der Waals surface area contributed by atoms with Gasteiger partial charge in [-0.25, -0.2) is 13.2 Å². The second kappa shape index (κ2) is 10.2. The summed E-state index contributed by atoms with van der Waals surface area (Å²) in [7, 11) is -2.67. The lowest BCUT2D eigenvalue weighted by molar-refractivity contribution is -0.123. The van der Waals surface area contributed by atoms with E-state index in [0.717, 1.165) is 12.0 Å². The van der Waals surface area contributed by atoms with Crippen molar-refractivity contribution in [3.8, 4) is 5.75 Å². The van der Waals surface area contributed by atoms with E-state index >= 15 is 0 Å². The predicted octanol–water partition coefficient (Wildman–Crippen LogP) is 4.02. The molecule has 0 unspecified atom stereocenters. The summed E-state index contributed by atoms with van der Waals surface area (Å²) in [6.07, 6.45) is 0.363. The fraction of sp³-hybridized carbons (Fsp3) is 0.231. The number of benzene rings is 3. The number of carbonyl (C=O) groups is 2. The van der Waals surface area contributed by atoms with Gasteiger partial charge in [-0.1, -0.05) is 36.4 Å². The van der Waals surface area contributed by atoms with E-state index in [-0.39, 0.29) is 16.2 Å². The molecule has 8 nitrogen and oxygen atoms in total. The number of ether oxygens (including phenoxy) is 2. The lowest BCUT2D eigenvalue weighted by Crippen LogP contribution is -2.35. The number of rotatable bonds is 7. The van der Waals surface area contributed by atoms with Crippen molar-refractivity contribution in [3.05, 3.63) is 83.9 Å². The zero-order chi connectivity index (χ0) is 25.0. The number of nitrogens with one attached hydrogen (secondary N) is 1. The normalized spacial score (nSPS) is 13.9. The van der Waals surface area contributed by atoms with Gasteiger partial charge in [0.1, 0.15) is 10.6 Å². The second-order valence-corrected chi connectivity index (χ2v) is 9.91. The number of esters is 1. The fourth-order valence-corrected chi connectivity index (χ4v) is 5.65. The highest BCUT2D eigenvalue weighted by Crippen LogP contribution is 2.35. The number of para-hydroxylation sites is 2. The molecule has 9 heteroatoms. The third-order valence-electron chi connectivity index (χ3n) is 5.73. The Morgan fingerprint density at radius 1 is 1.00 bits per heavy atom. The van der Waals surface area contributed by atoms with E-state index in [1.165, 1.54) is 36.5 Å². The van der Waals surface area contributed by atoms with Gasteiger partial charge in [0, 0.05) is 12.2 Å². The van der Waals surface area contributed by atoms with Crippen LogP contribution in [0.5, 0.6) is 5.75 Å². The molecule has 0 radical (unpaired) electrons. The summed E-state index contributed by atoms with van der Waals surface area (Å²) >= 11 is 0. The van der Waals surface area contributed by atoms with Crippen LogP contribution in [0.25, 0.3) is 0 Å². The summed E-state index contributed by atoms with van der Waals surface area (Å²) < 4.78 is 39.3. The molecular formula is C26H26N2O6S. The van der Waals surface area contributed by atoms with Gasteiger partial charge in [-0.05, 0) is 61.7 Å². The Kier molecular flexibility index (Phi) is 7.07. The average Bonchev–Trinajstić information content (AvgIpc) is 2.88. The Morgan fingerprint density at radius 2 is 1.71 bits per heavy atom. The van der Waals surface area contributed by atoms with E-state index in [2.05, 4.69) is 5.32 Å². The molecule has 182 valence electrons. The van der Waals surface area contributed by atoms with Crippen LogP contribution >= 0.6 is 0 Å². The van der Waals surface area contributed by atoms with E-state index in [4.69, 9.17) is 9.47 Å². The van der Waals surface area contributed by atoms with Crippen molar-refractivity contribution in [3.63, 3.8) is 0 Å². The monoisotopic (exact) mass is 494 g/mol. The number of sulfonamides is 1. The van der Waals surface area contributed by atoms with E-state index in [0.29, 0.717) is 24.3 Å². The van der Waals surface area contributed by atoms with Crippen molar-refractivity contribution in [2.75, 3.05) is 23.3 Å². The number of nitrogens with zero attached hydrogens (tertiary/aromatic N) is 1. The molecule has 1 atom stereocenters. The quantitative estimate of drug-likeness (QED) is 0.498. The molecule has 0 fully saturated rings. The highest BCUT2D eigenvalue weighted by Gasteiger charge is 2.32. The Bertz CT molecular complexity index is 1340. The van der Waals surface area contributed by atoms with Crippen LogP contribution in [0.1, 0.15) is 29.3 Å². The largest absolute Gasteiger partial charge is 0.495 e. The van der Waals surface area contributed by atoms with Crippen LogP contribution in [0.2, 0.25) is 0 Å². The van der Waals surface area contributed by atoms with Gasteiger partial charge in [0.05, 0.1) is 18.4 Å². The molecule has 1 heterocycles. The average molecular weight is 495 g/mol. The van der Waals surface area contributed by atoms with Gasteiger partial charge >= 0.3 is 5.97 Å². The fourth-order valence-electron chi connectivity index (χ4n) is 3.92. The number of hydrogen-bond donors (Lipinski definition) is 1. The molecule has 1 aliphatic rings. The van der Waals surface area contributed by atoms with Gasteiger partial charge in [-0.15, -0.1) is 0 Å². The maximum absolute atomic E-state index is 13.7. The van der Waals surface area contributed by atoms with Crippen LogP contribution in [0, 0.1) is 0 Å². The Hall–Kier alpha value is -3.85. The zero-order valence-electron chi connectivity index (χ0n) is 19.4.